The van der Waals surface area contributed by atoms with E-state index in [1.165, 1.54) is 12.1 Å². The van der Waals surface area contributed by atoms with Gasteiger partial charge in [-0.1, -0.05) is 48.2 Å². The van der Waals surface area contributed by atoms with Crippen LogP contribution in [0.1, 0.15) is 30.8 Å². The minimum absolute atomic E-state index is 0.102. The zero-order chi connectivity index (χ0) is 29.6. The van der Waals surface area contributed by atoms with E-state index in [0.717, 1.165) is 22.9 Å². The lowest BCUT2D eigenvalue weighted by Crippen LogP contribution is -2.43. The summed E-state index contributed by atoms with van der Waals surface area (Å²) in [6.45, 7) is 3.95. The van der Waals surface area contributed by atoms with Crippen molar-refractivity contribution in [3.8, 4) is 17.2 Å². The lowest BCUT2D eigenvalue weighted by atomic mass is 9.83. The third kappa shape index (κ3) is 6.86. The number of amides is 1. The molecule has 0 saturated carbocycles. The Kier molecular flexibility index (Phi) is 9.28. The molecule has 0 aliphatic carbocycles. The summed E-state index contributed by atoms with van der Waals surface area (Å²) in [5.41, 5.74) is 1.57. The molecule has 0 fully saturated rings. The monoisotopic (exact) mass is 578 g/mol. The first-order valence-electron chi connectivity index (χ1n) is 12.8. The van der Waals surface area contributed by atoms with E-state index in [2.05, 4.69) is 15.5 Å². The second-order valence-electron chi connectivity index (χ2n) is 9.75. The van der Waals surface area contributed by atoms with E-state index >= 15 is 0 Å². The number of carboxylic acid groups (broad SMARTS) is 1. The van der Waals surface area contributed by atoms with E-state index in [1.54, 1.807) is 30.9 Å². The van der Waals surface area contributed by atoms with Gasteiger partial charge in [0.05, 0.1) is 25.4 Å². The van der Waals surface area contributed by atoms with Gasteiger partial charge in [-0.15, -0.1) is 10.2 Å². The number of carbonyl (C=O) groups is 2. The summed E-state index contributed by atoms with van der Waals surface area (Å²) in [5, 5.41) is 21.5. The summed E-state index contributed by atoms with van der Waals surface area (Å²) in [7, 11) is 3.12. The van der Waals surface area contributed by atoms with Crippen molar-refractivity contribution in [2.75, 3.05) is 20.0 Å². The Morgan fingerprint density at radius 1 is 1.00 bits per heavy atom. The number of halogens is 1. The van der Waals surface area contributed by atoms with Gasteiger partial charge in [-0.3, -0.25) is 9.36 Å². The van der Waals surface area contributed by atoms with Gasteiger partial charge in [-0.05, 0) is 61.4 Å². The molecule has 1 amide bonds. The van der Waals surface area contributed by atoms with Crippen molar-refractivity contribution >= 4 is 23.6 Å². The SMILES string of the molecule is COc1ccc(C(C)(C)c2nnc(SCC(=O)NC(Cc3ccccc3)C(=O)O)n2-c2ccc(F)cc2)cc1OC. The summed E-state index contributed by atoms with van der Waals surface area (Å²) >= 11 is 1.11. The average Bonchev–Trinajstić information content (AvgIpc) is 3.41. The van der Waals surface area contributed by atoms with E-state index in [0.29, 0.717) is 28.2 Å². The molecule has 9 nitrogen and oxygen atoms in total. The third-order valence-electron chi connectivity index (χ3n) is 6.63. The maximum Gasteiger partial charge on any atom is 0.326 e. The number of nitrogens with one attached hydrogen (secondary N) is 1. The first-order chi connectivity index (χ1) is 19.6. The number of methoxy groups -OCH3 is 2. The Hall–Kier alpha value is -4.38. The van der Waals surface area contributed by atoms with Crippen molar-refractivity contribution in [2.45, 2.75) is 36.9 Å². The molecule has 0 bridgehead atoms. The van der Waals surface area contributed by atoms with Crippen LogP contribution in [0.4, 0.5) is 4.39 Å². The van der Waals surface area contributed by atoms with Crippen molar-refractivity contribution in [3.05, 3.63) is 95.6 Å². The Labute approximate surface area is 241 Å². The predicted molar refractivity (Wildman–Crippen MR) is 153 cm³/mol. The van der Waals surface area contributed by atoms with Gasteiger partial charge in [-0.2, -0.15) is 0 Å². The fourth-order valence-corrected chi connectivity index (χ4v) is 5.12. The van der Waals surface area contributed by atoms with E-state index in [-0.39, 0.29) is 12.2 Å². The molecular formula is C30H31FN4O5S. The molecule has 1 atom stereocenters. The maximum atomic E-state index is 13.8. The van der Waals surface area contributed by atoms with Gasteiger partial charge in [0, 0.05) is 12.1 Å². The first-order valence-corrected chi connectivity index (χ1v) is 13.8. The largest absolute Gasteiger partial charge is 0.493 e. The lowest BCUT2D eigenvalue weighted by Gasteiger charge is -2.26. The molecule has 1 aromatic heterocycles. The molecule has 1 unspecified atom stereocenters. The number of nitrogens with zero attached hydrogens (tertiary/aromatic N) is 3. The number of rotatable bonds is 12. The van der Waals surface area contributed by atoms with Crippen LogP contribution in [-0.2, 0) is 21.4 Å². The first kappa shape index (κ1) is 29.6. The second-order valence-corrected chi connectivity index (χ2v) is 10.7. The molecule has 0 radical (unpaired) electrons. The van der Waals surface area contributed by atoms with Crippen molar-refractivity contribution in [1.82, 2.24) is 20.1 Å². The third-order valence-corrected chi connectivity index (χ3v) is 7.56. The van der Waals surface area contributed by atoms with Gasteiger partial charge >= 0.3 is 5.97 Å². The van der Waals surface area contributed by atoms with Crippen molar-refractivity contribution in [2.24, 2.45) is 0 Å². The lowest BCUT2D eigenvalue weighted by molar-refractivity contribution is -0.141. The Morgan fingerprint density at radius 2 is 1.68 bits per heavy atom. The highest BCUT2D eigenvalue weighted by atomic mass is 32.2. The van der Waals surface area contributed by atoms with Gasteiger partial charge in [0.1, 0.15) is 17.7 Å². The van der Waals surface area contributed by atoms with Crippen LogP contribution in [0.2, 0.25) is 0 Å². The molecule has 0 spiro atoms. The number of carbonyl (C=O) groups excluding carboxylic acids is 1. The minimum atomic E-state index is -1.12. The molecule has 41 heavy (non-hydrogen) atoms. The highest BCUT2D eigenvalue weighted by Crippen LogP contribution is 2.38. The summed E-state index contributed by atoms with van der Waals surface area (Å²) < 4.78 is 26.4. The number of aliphatic carboxylic acids is 1. The Balaban J connectivity index is 1.62. The molecule has 4 aromatic rings. The Morgan fingerprint density at radius 3 is 2.32 bits per heavy atom. The number of aromatic nitrogens is 3. The number of benzene rings is 3. The van der Waals surface area contributed by atoms with E-state index < -0.39 is 29.2 Å². The van der Waals surface area contributed by atoms with Crippen molar-refractivity contribution in [1.29, 1.82) is 0 Å². The van der Waals surface area contributed by atoms with Gasteiger partial charge < -0.3 is 19.9 Å². The van der Waals surface area contributed by atoms with Crippen LogP contribution in [0.5, 0.6) is 11.5 Å². The number of hydrogen-bond donors (Lipinski definition) is 2. The highest BCUT2D eigenvalue weighted by Gasteiger charge is 2.32. The van der Waals surface area contributed by atoms with Crippen molar-refractivity contribution in [3.63, 3.8) is 0 Å². The quantitative estimate of drug-likeness (QED) is 0.234. The van der Waals surface area contributed by atoms with Crippen LogP contribution >= 0.6 is 11.8 Å². The highest BCUT2D eigenvalue weighted by molar-refractivity contribution is 7.99. The fraction of sp³-hybridized carbons (Fsp3) is 0.267. The maximum absolute atomic E-state index is 13.8. The van der Waals surface area contributed by atoms with Crippen LogP contribution in [-0.4, -0.2) is 57.8 Å². The zero-order valence-electron chi connectivity index (χ0n) is 23.1. The van der Waals surface area contributed by atoms with E-state index in [4.69, 9.17) is 9.47 Å². The zero-order valence-corrected chi connectivity index (χ0v) is 23.9. The molecule has 214 valence electrons. The summed E-state index contributed by atoms with van der Waals surface area (Å²) in [4.78, 5) is 24.7. The predicted octanol–water partition coefficient (Wildman–Crippen LogP) is 4.65. The molecule has 1 heterocycles. The van der Waals surface area contributed by atoms with Gasteiger partial charge in [0.25, 0.3) is 0 Å². The molecular weight excluding hydrogens is 547 g/mol. The number of carboxylic acids is 1. The Bertz CT molecular complexity index is 1510. The molecule has 0 aliphatic rings. The van der Waals surface area contributed by atoms with Gasteiger partial charge in [0.2, 0.25) is 5.91 Å². The van der Waals surface area contributed by atoms with Crippen LogP contribution in [0.15, 0.2) is 78.0 Å². The fourth-order valence-electron chi connectivity index (χ4n) is 4.36. The number of hydrogen-bond acceptors (Lipinski definition) is 7. The summed E-state index contributed by atoms with van der Waals surface area (Å²) in [6.07, 6.45) is 0.155. The number of ether oxygens (including phenoxy) is 2. The molecule has 0 saturated heterocycles. The van der Waals surface area contributed by atoms with Crippen LogP contribution < -0.4 is 14.8 Å². The summed E-state index contributed by atoms with van der Waals surface area (Å²) in [5.74, 6) is -0.398. The number of thioether (sulfide) groups is 1. The van der Waals surface area contributed by atoms with E-state index in [9.17, 15) is 19.1 Å². The van der Waals surface area contributed by atoms with Crippen LogP contribution in [0.3, 0.4) is 0 Å². The normalized spacial score (nSPS) is 12.0. The van der Waals surface area contributed by atoms with Gasteiger partial charge in [0.15, 0.2) is 16.7 Å². The topological polar surface area (TPSA) is 116 Å². The molecule has 2 N–H and O–H groups in total. The second kappa shape index (κ2) is 12.9. The molecule has 3 aromatic carbocycles. The van der Waals surface area contributed by atoms with Crippen LogP contribution in [0.25, 0.3) is 5.69 Å². The summed E-state index contributed by atoms with van der Waals surface area (Å²) in [6, 6.07) is 19.5. The molecule has 4 rings (SSSR count). The van der Waals surface area contributed by atoms with Crippen molar-refractivity contribution < 1.29 is 28.6 Å². The minimum Gasteiger partial charge on any atom is -0.493 e. The van der Waals surface area contributed by atoms with Crippen LogP contribution in [0, 0.1) is 5.82 Å². The van der Waals surface area contributed by atoms with E-state index in [1.807, 2.05) is 62.4 Å². The average molecular weight is 579 g/mol. The standard InChI is InChI=1S/C30H31FN4O5S/c1-30(2,20-10-15-24(39-3)25(17-20)40-4)28-33-34-29(35(28)22-13-11-21(31)12-14-22)41-18-26(36)32-23(27(37)38)16-19-8-6-5-7-9-19/h5-15,17,23H,16,18H2,1-4H3,(H,32,36)(H,37,38). The smallest absolute Gasteiger partial charge is 0.326 e. The van der Waals surface area contributed by atoms with Gasteiger partial charge in [-0.25, -0.2) is 9.18 Å². The molecule has 0 aliphatic heterocycles. The molecule has 11 heteroatoms.